The van der Waals surface area contributed by atoms with Crippen molar-refractivity contribution in [2.45, 2.75) is 0 Å². The number of nitro groups is 1. The Morgan fingerprint density at radius 2 is 2.19 bits per heavy atom. The van der Waals surface area contributed by atoms with Gasteiger partial charge in [0.15, 0.2) is 6.61 Å². The molecule has 0 unspecified atom stereocenters. The van der Waals surface area contributed by atoms with Gasteiger partial charge in [0.25, 0.3) is 5.91 Å². The number of carbonyl (C=O) groups excluding carboxylic acids is 1. The summed E-state index contributed by atoms with van der Waals surface area (Å²) in [6.45, 7) is 1.12. The highest BCUT2D eigenvalue weighted by molar-refractivity contribution is 5.77. The second-order valence-electron chi connectivity index (χ2n) is 4.30. The Labute approximate surface area is 122 Å². The zero-order valence-corrected chi connectivity index (χ0v) is 12.3. The van der Waals surface area contributed by atoms with E-state index in [0.717, 1.165) is 0 Å². The van der Waals surface area contributed by atoms with E-state index < -0.39 is 4.92 Å². The lowest BCUT2D eigenvalue weighted by molar-refractivity contribution is -0.385. The quantitative estimate of drug-likeness (QED) is 0.559. The van der Waals surface area contributed by atoms with Crippen LogP contribution in [0, 0.1) is 10.1 Å². The molecule has 21 heavy (non-hydrogen) atoms. The number of rotatable bonds is 8. The number of benzene rings is 1. The Kier molecular flexibility index (Phi) is 6.41. The molecular weight excluding hydrogens is 278 g/mol. The van der Waals surface area contributed by atoms with E-state index in [1.54, 1.807) is 19.0 Å². The topological polar surface area (TPSA) is 93.9 Å². The van der Waals surface area contributed by atoms with Crippen molar-refractivity contribution in [3.63, 3.8) is 0 Å². The van der Waals surface area contributed by atoms with Crippen LogP contribution in [-0.4, -0.2) is 56.6 Å². The Balaban J connectivity index is 2.63. The fourth-order valence-corrected chi connectivity index (χ4v) is 1.56. The van der Waals surface area contributed by atoms with Gasteiger partial charge in [-0.15, -0.1) is 0 Å². The second kappa shape index (κ2) is 8.05. The van der Waals surface area contributed by atoms with Crippen LogP contribution in [0.1, 0.15) is 0 Å². The van der Waals surface area contributed by atoms with Gasteiger partial charge in [-0.2, -0.15) is 0 Å². The summed E-state index contributed by atoms with van der Waals surface area (Å²) in [5, 5.41) is 13.7. The van der Waals surface area contributed by atoms with Crippen molar-refractivity contribution in [3.05, 3.63) is 28.3 Å². The molecule has 1 rings (SSSR count). The van der Waals surface area contributed by atoms with Crippen LogP contribution in [0.2, 0.25) is 0 Å². The van der Waals surface area contributed by atoms with E-state index >= 15 is 0 Å². The Morgan fingerprint density at radius 1 is 1.48 bits per heavy atom. The van der Waals surface area contributed by atoms with E-state index in [4.69, 9.17) is 9.47 Å². The summed E-state index contributed by atoms with van der Waals surface area (Å²) in [4.78, 5) is 23.5. The third-order valence-electron chi connectivity index (χ3n) is 2.83. The molecule has 0 saturated carbocycles. The number of nitro benzene ring substituents is 1. The largest absolute Gasteiger partial charge is 0.490 e. The summed E-state index contributed by atoms with van der Waals surface area (Å²) in [6, 6.07) is 4.10. The van der Waals surface area contributed by atoms with Crippen LogP contribution in [0.4, 0.5) is 5.69 Å². The standard InChI is InChI=1S/C13H19N3O5/c1-14-6-7-15(2)13(17)9-21-10-4-5-11(16(18)19)12(8-10)20-3/h4-5,8,14H,6-7,9H2,1-3H3. The number of nitrogens with zero attached hydrogens (tertiary/aromatic N) is 2. The van der Waals surface area contributed by atoms with Crippen LogP contribution in [0.3, 0.4) is 0 Å². The molecule has 0 heterocycles. The van der Waals surface area contributed by atoms with Gasteiger partial charge in [0.1, 0.15) is 5.75 Å². The molecule has 8 heteroatoms. The molecule has 1 aromatic rings. The SMILES string of the molecule is CNCCN(C)C(=O)COc1ccc([N+](=O)[O-])c(OC)c1. The first-order valence-corrected chi connectivity index (χ1v) is 6.33. The van der Waals surface area contributed by atoms with Gasteiger partial charge < -0.3 is 19.7 Å². The minimum absolute atomic E-state index is 0.0912. The van der Waals surface area contributed by atoms with Gasteiger partial charge in [0.05, 0.1) is 12.0 Å². The van der Waals surface area contributed by atoms with Crippen molar-refractivity contribution >= 4 is 11.6 Å². The summed E-state index contributed by atoms with van der Waals surface area (Å²) >= 11 is 0. The highest BCUT2D eigenvalue weighted by Crippen LogP contribution is 2.30. The fourth-order valence-electron chi connectivity index (χ4n) is 1.56. The van der Waals surface area contributed by atoms with Gasteiger partial charge in [0, 0.05) is 32.3 Å². The number of amides is 1. The van der Waals surface area contributed by atoms with Crippen molar-refractivity contribution in [1.29, 1.82) is 0 Å². The van der Waals surface area contributed by atoms with E-state index in [9.17, 15) is 14.9 Å². The minimum atomic E-state index is -0.542. The maximum absolute atomic E-state index is 11.8. The van der Waals surface area contributed by atoms with Crippen molar-refractivity contribution in [2.24, 2.45) is 0 Å². The zero-order valence-electron chi connectivity index (χ0n) is 12.3. The molecule has 0 fully saturated rings. The Hall–Kier alpha value is -2.35. The molecule has 1 N–H and O–H groups in total. The lowest BCUT2D eigenvalue weighted by Crippen LogP contribution is -2.35. The number of ether oxygens (including phenoxy) is 2. The van der Waals surface area contributed by atoms with Crippen molar-refractivity contribution in [1.82, 2.24) is 10.2 Å². The smallest absolute Gasteiger partial charge is 0.311 e. The van der Waals surface area contributed by atoms with Crippen LogP contribution in [0.15, 0.2) is 18.2 Å². The predicted molar refractivity (Wildman–Crippen MR) is 76.7 cm³/mol. The molecule has 1 aromatic carbocycles. The molecule has 8 nitrogen and oxygen atoms in total. The predicted octanol–water partition coefficient (Wildman–Crippen LogP) is 0.660. The maximum Gasteiger partial charge on any atom is 0.311 e. The van der Waals surface area contributed by atoms with Gasteiger partial charge in [-0.1, -0.05) is 0 Å². The maximum atomic E-state index is 11.8. The average molecular weight is 297 g/mol. The molecule has 0 bridgehead atoms. The summed E-state index contributed by atoms with van der Waals surface area (Å²) < 4.78 is 10.3. The Morgan fingerprint density at radius 3 is 2.76 bits per heavy atom. The first-order valence-electron chi connectivity index (χ1n) is 6.33. The molecule has 0 spiro atoms. The third-order valence-corrected chi connectivity index (χ3v) is 2.83. The van der Waals surface area contributed by atoms with Crippen molar-refractivity contribution in [3.8, 4) is 11.5 Å². The first kappa shape index (κ1) is 16.7. The monoisotopic (exact) mass is 297 g/mol. The summed E-state index contributed by atoms with van der Waals surface area (Å²) in [5.41, 5.74) is -0.151. The molecule has 1 amide bonds. The number of likely N-dealkylation sites (N-methyl/N-ethyl adjacent to an activating group) is 2. The summed E-state index contributed by atoms with van der Waals surface area (Å²) in [6.07, 6.45) is 0. The number of hydrogen-bond acceptors (Lipinski definition) is 6. The zero-order chi connectivity index (χ0) is 15.8. The molecule has 0 aliphatic carbocycles. The minimum Gasteiger partial charge on any atom is -0.490 e. The van der Waals surface area contributed by atoms with E-state index in [2.05, 4.69) is 5.32 Å². The highest BCUT2D eigenvalue weighted by atomic mass is 16.6. The Bertz CT molecular complexity index is 507. The second-order valence-corrected chi connectivity index (χ2v) is 4.30. The molecule has 116 valence electrons. The number of hydrogen-bond donors (Lipinski definition) is 1. The van der Waals surface area contributed by atoms with E-state index in [1.807, 2.05) is 0 Å². The van der Waals surface area contributed by atoms with Gasteiger partial charge in [-0.05, 0) is 13.1 Å². The number of methoxy groups -OCH3 is 1. The van der Waals surface area contributed by atoms with Crippen LogP contribution in [0.5, 0.6) is 11.5 Å². The molecule has 0 aliphatic heterocycles. The molecule has 0 saturated heterocycles. The van der Waals surface area contributed by atoms with Crippen molar-refractivity contribution in [2.75, 3.05) is 40.9 Å². The molecule has 0 radical (unpaired) electrons. The fraction of sp³-hybridized carbons (Fsp3) is 0.462. The van der Waals surface area contributed by atoms with Gasteiger partial charge >= 0.3 is 5.69 Å². The summed E-state index contributed by atoms with van der Waals surface area (Å²) in [7, 11) is 4.82. The van der Waals surface area contributed by atoms with Crippen LogP contribution in [0.25, 0.3) is 0 Å². The third kappa shape index (κ3) is 4.92. The van der Waals surface area contributed by atoms with E-state index in [0.29, 0.717) is 18.8 Å². The van der Waals surface area contributed by atoms with Gasteiger partial charge in [0.2, 0.25) is 5.75 Å². The van der Waals surface area contributed by atoms with Gasteiger partial charge in [-0.25, -0.2) is 0 Å². The van der Waals surface area contributed by atoms with Crippen molar-refractivity contribution < 1.29 is 19.2 Å². The molecule has 0 aromatic heterocycles. The van der Waals surface area contributed by atoms with E-state index in [1.165, 1.54) is 25.3 Å². The normalized spacial score (nSPS) is 10.0. The average Bonchev–Trinajstić information content (AvgIpc) is 2.49. The molecule has 0 atom stereocenters. The summed E-state index contributed by atoms with van der Waals surface area (Å²) in [5.74, 6) is 0.254. The molecular formula is C13H19N3O5. The van der Waals surface area contributed by atoms with Gasteiger partial charge in [-0.3, -0.25) is 14.9 Å². The lowest BCUT2D eigenvalue weighted by atomic mass is 10.3. The van der Waals surface area contributed by atoms with Crippen LogP contribution >= 0.6 is 0 Å². The number of carbonyl (C=O) groups is 1. The lowest BCUT2D eigenvalue weighted by Gasteiger charge is -2.17. The van der Waals surface area contributed by atoms with Crippen LogP contribution < -0.4 is 14.8 Å². The molecule has 0 aliphatic rings. The van der Waals surface area contributed by atoms with E-state index in [-0.39, 0.29) is 24.0 Å². The number of nitrogens with one attached hydrogen (secondary N) is 1. The highest BCUT2D eigenvalue weighted by Gasteiger charge is 2.16. The first-order chi connectivity index (χ1) is 9.99. The van der Waals surface area contributed by atoms with Crippen LogP contribution in [-0.2, 0) is 4.79 Å².